The molecule has 6 nitrogen and oxygen atoms in total. The summed E-state index contributed by atoms with van der Waals surface area (Å²) in [6.07, 6.45) is 9.47. The van der Waals surface area contributed by atoms with Crippen molar-refractivity contribution in [2.75, 3.05) is 6.61 Å². The largest absolute Gasteiger partial charge is 0.481 e. The predicted molar refractivity (Wildman–Crippen MR) is 83.1 cm³/mol. The van der Waals surface area contributed by atoms with Crippen LogP contribution in [0.15, 0.2) is 0 Å². The standard InChI is InChI=1S/C17H26N2O4/c20-13(21)15-9-16(10-15,11-15)19-14(22)18-12-4-7-23-17(8-12)5-2-1-3-6-17/h12H,1-11H2,(H,20,21)(H2,18,19,22). The van der Waals surface area contributed by atoms with E-state index in [9.17, 15) is 9.59 Å². The molecule has 0 aromatic carbocycles. The van der Waals surface area contributed by atoms with Crippen molar-refractivity contribution in [2.24, 2.45) is 5.41 Å². The Bertz CT molecular complexity index is 501. The van der Waals surface area contributed by atoms with Gasteiger partial charge in [-0.2, -0.15) is 0 Å². The van der Waals surface area contributed by atoms with Crippen LogP contribution in [-0.2, 0) is 9.53 Å². The van der Waals surface area contributed by atoms with E-state index >= 15 is 0 Å². The third kappa shape index (κ3) is 2.51. The van der Waals surface area contributed by atoms with Gasteiger partial charge in [-0.15, -0.1) is 0 Å². The van der Waals surface area contributed by atoms with Crippen LogP contribution in [0.3, 0.4) is 0 Å². The fraction of sp³-hybridized carbons (Fsp3) is 0.882. The zero-order chi connectivity index (χ0) is 16.1. The van der Waals surface area contributed by atoms with Crippen LogP contribution in [0.5, 0.6) is 0 Å². The number of rotatable bonds is 3. The fourth-order valence-corrected chi connectivity index (χ4v) is 5.31. The topological polar surface area (TPSA) is 87.7 Å². The van der Waals surface area contributed by atoms with Crippen molar-refractivity contribution in [3.05, 3.63) is 0 Å². The van der Waals surface area contributed by atoms with Gasteiger partial charge in [0.2, 0.25) is 0 Å². The molecule has 1 atom stereocenters. The van der Waals surface area contributed by atoms with Gasteiger partial charge in [0.05, 0.1) is 11.0 Å². The maximum absolute atomic E-state index is 12.3. The van der Waals surface area contributed by atoms with Crippen LogP contribution in [0, 0.1) is 5.41 Å². The summed E-state index contributed by atoms with van der Waals surface area (Å²) in [6, 6.07) is 0.0317. The minimum Gasteiger partial charge on any atom is -0.481 e. The number of amides is 2. The fourth-order valence-electron chi connectivity index (χ4n) is 5.31. The van der Waals surface area contributed by atoms with Crippen LogP contribution in [-0.4, -0.2) is 40.9 Å². The molecule has 5 aliphatic rings. The summed E-state index contributed by atoms with van der Waals surface area (Å²) in [6.45, 7) is 0.720. The maximum Gasteiger partial charge on any atom is 0.315 e. The van der Waals surface area contributed by atoms with Gasteiger partial charge in [-0.1, -0.05) is 19.3 Å². The van der Waals surface area contributed by atoms with E-state index in [1.54, 1.807) is 0 Å². The molecule has 2 amide bonds. The highest BCUT2D eigenvalue weighted by atomic mass is 16.5. The Balaban J connectivity index is 1.27. The van der Waals surface area contributed by atoms with Crippen molar-refractivity contribution < 1.29 is 19.4 Å². The van der Waals surface area contributed by atoms with Crippen LogP contribution in [0.25, 0.3) is 0 Å². The van der Waals surface area contributed by atoms with Crippen molar-refractivity contribution >= 4 is 12.0 Å². The van der Waals surface area contributed by atoms with E-state index < -0.39 is 11.4 Å². The number of carbonyl (C=O) groups is 2. The van der Waals surface area contributed by atoms with Gasteiger partial charge in [-0.25, -0.2) is 4.79 Å². The van der Waals surface area contributed by atoms with Gasteiger partial charge in [0.1, 0.15) is 0 Å². The summed E-state index contributed by atoms with van der Waals surface area (Å²) in [7, 11) is 0. The molecule has 128 valence electrons. The average Bonchev–Trinajstić information content (AvgIpc) is 2.41. The van der Waals surface area contributed by atoms with Crippen LogP contribution < -0.4 is 10.6 Å². The number of carbonyl (C=O) groups excluding carboxylic acids is 1. The Labute approximate surface area is 136 Å². The minimum atomic E-state index is -0.717. The van der Waals surface area contributed by atoms with Crippen LogP contribution in [0.1, 0.15) is 64.2 Å². The lowest BCUT2D eigenvalue weighted by atomic mass is 9.39. The van der Waals surface area contributed by atoms with Crippen LogP contribution in [0.4, 0.5) is 4.79 Å². The second-order valence-electron chi connectivity index (χ2n) is 8.28. The zero-order valence-corrected chi connectivity index (χ0v) is 13.5. The number of carboxylic acids is 1. The highest BCUT2D eigenvalue weighted by Crippen LogP contribution is 2.67. The molecule has 1 saturated heterocycles. The van der Waals surface area contributed by atoms with E-state index in [0.29, 0.717) is 19.3 Å². The molecule has 1 aliphatic heterocycles. The number of urea groups is 1. The number of ether oxygens (including phenoxy) is 1. The summed E-state index contributed by atoms with van der Waals surface area (Å²) in [4.78, 5) is 23.4. The molecular formula is C17H26N2O4. The Morgan fingerprint density at radius 3 is 2.43 bits per heavy atom. The number of aliphatic carboxylic acids is 1. The molecule has 0 radical (unpaired) electrons. The first-order valence-corrected chi connectivity index (χ1v) is 8.91. The third-order valence-electron chi connectivity index (χ3n) is 6.46. The van der Waals surface area contributed by atoms with Crippen molar-refractivity contribution in [1.82, 2.24) is 10.6 Å². The van der Waals surface area contributed by atoms with Gasteiger partial charge < -0.3 is 20.5 Å². The van der Waals surface area contributed by atoms with Gasteiger partial charge in [0.15, 0.2) is 0 Å². The molecule has 5 rings (SSSR count). The van der Waals surface area contributed by atoms with Crippen molar-refractivity contribution in [3.63, 3.8) is 0 Å². The number of hydrogen-bond donors (Lipinski definition) is 3. The van der Waals surface area contributed by atoms with E-state index in [4.69, 9.17) is 9.84 Å². The minimum absolute atomic E-state index is 0.0157. The number of nitrogens with one attached hydrogen (secondary N) is 2. The smallest absolute Gasteiger partial charge is 0.315 e. The molecular weight excluding hydrogens is 296 g/mol. The monoisotopic (exact) mass is 322 g/mol. The molecule has 3 N–H and O–H groups in total. The van der Waals surface area contributed by atoms with Gasteiger partial charge >= 0.3 is 12.0 Å². The van der Waals surface area contributed by atoms with E-state index in [-0.39, 0.29) is 23.2 Å². The Morgan fingerprint density at radius 1 is 1.09 bits per heavy atom. The Morgan fingerprint density at radius 2 is 1.78 bits per heavy atom. The first-order valence-electron chi connectivity index (χ1n) is 8.91. The normalized spacial score (nSPS) is 40.6. The molecule has 1 heterocycles. The molecule has 6 heteroatoms. The molecule has 0 aromatic heterocycles. The van der Waals surface area contributed by atoms with Gasteiger partial charge in [0.25, 0.3) is 0 Å². The summed E-state index contributed by atoms with van der Waals surface area (Å²) in [5.74, 6) is -0.717. The van der Waals surface area contributed by atoms with Gasteiger partial charge in [0, 0.05) is 18.2 Å². The molecule has 1 spiro atoms. The highest BCUT2D eigenvalue weighted by Gasteiger charge is 2.72. The van der Waals surface area contributed by atoms with Crippen molar-refractivity contribution in [2.45, 2.75) is 81.4 Å². The van der Waals surface area contributed by atoms with E-state index in [2.05, 4.69) is 10.6 Å². The first-order chi connectivity index (χ1) is 11.0. The SMILES string of the molecule is O=C(NC1CCOC2(CCCCC2)C1)NC12CC(C(=O)O)(C1)C2. The van der Waals surface area contributed by atoms with Crippen LogP contribution >= 0.6 is 0 Å². The molecule has 23 heavy (non-hydrogen) atoms. The Hall–Kier alpha value is -1.30. The Kier molecular flexibility index (Phi) is 3.38. The molecule has 1 unspecified atom stereocenters. The second-order valence-corrected chi connectivity index (χ2v) is 8.28. The molecule has 4 aliphatic carbocycles. The summed E-state index contributed by atoms with van der Waals surface area (Å²) >= 11 is 0. The molecule has 0 aromatic rings. The van der Waals surface area contributed by atoms with E-state index in [1.165, 1.54) is 19.3 Å². The maximum atomic E-state index is 12.3. The lowest BCUT2D eigenvalue weighted by Gasteiger charge is -2.67. The third-order valence-corrected chi connectivity index (χ3v) is 6.46. The van der Waals surface area contributed by atoms with Crippen LogP contribution in [0.2, 0.25) is 0 Å². The number of hydrogen-bond acceptors (Lipinski definition) is 3. The first kappa shape index (κ1) is 15.2. The summed E-state index contributed by atoms with van der Waals surface area (Å²) in [5, 5.41) is 15.3. The van der Waals surface area contributed by atoms with Crippen molar-refractivity contribution in [1.29, 1.82) is 0 Å². The lowest BCUT2D eigenvalue weighted by molar-refractivity contribution is -0.196. The van der Waals surface area contributed by atoms with Gasteiger partial charge in [-0.3, -0.25) is 4.79 Å². The lowest BCUT2D eigenvalue weighted by Crippen LogP contribution is -2.77. The zero-order valence-electron chi connectivity index (χ0n) is 13.5. The summed E-state index contributed by atoms with van der Waals surface area (Å²) < 4.78 is 6.06. The van der Waals surface area contributed by atoms with E-state index in [1.807, 2.05) is 0 Å². The van der Waals surface area contributed by atoms with E-state index in [0.717, 1.165) is 32.3 Å². The van der Waals surface area contributed by atoms with Crippen molar-refractivity contribution in [3.8, 4) is 0 Å². The van der Waals surface area contributed by atoms with Gasteiger partial charge in [-0.05, 0) is 44.9 Å². The highest BCUT2D eigenvalue weighted by molar-refractivity contribution is 5.83. The quantitative estimate of drug-likeness (QED) is 0.743. The summed E-state index contributed by atoms with van der Waals surface area (Å²) in [5.41, 5.74) is -0.813. The second kappa shape index (κ2) is 5.10. The average molecular weight is 322 g/mol. The molecule has 5 fully saturated rings. The number of carboxylic acid groups (broad SMARTS) is 1. The molecule has 2 bridgehead atoms. The predicted octanol–water partition coefficient (Wildman–Crippen LogP) is 2.17. The molecule has 4 saturated carbocycles.